The van der Waals surface area contributed by atoms with Crippen molar-refractivity contribution in [3.05, 3.63) is 65.0 Å². The van der Waals surface area contributed by atoms with Gasteiger partial charge in [0.2, 0.25) is 0 Å². The minimum absolute atomic E-state index is 0.235. The number of rotatable bonds is 4. The van der Waals surface area contributed by atoms with E-state index < -0.39 is 29.0 Å². The SMILES string of the molecule is NCCc1ccc(C(=O)Nc2c(F)cc(F)cc2F)cc1. The maximum absolute atomic E-state index is 13.4. The highest BCUT2D eigenvalue weighted by Crippen LogP contribution is 2.21. The molecule has 0 radical (unpaired) electrons. The molecule has 0 aliphatic heterocycles. The summed E-state index contributed by atoms with van der Waals surface area (Å²) in [5.41, 5.74) is 5.93. The predicted molar refractivity (Wildman–Crippen MR) is 73.5 cm³/mol. The van der Waals surface area contributed by atoms with Gasteiger partial charge in [-0.25, -0.2) is 13.2 Å². The standard InChI is InChI=1S/C15H13F3N2O/c16-11-7-12(17)14(13(18)8-11)20-15(21)10-3-1-9(2-4-10)5-6-19/h1-4,7-8H,5-6,19H2,(H,20,21). The number of anilines is 1. The molecule has 0 atom stereocenters. The minimum atomic E-state index is -1.17. The molecule has 3 N–H and O–H groups in total. The van der Waals surface area contributed by atoms with Crippen molar-refractivity contribution >= 4 is 11.6 Å². The summed E-state index contributed by atoms with van der Waals surface area (Å²) in [5.74, 6) is -4.06. The van der Waals surface area contributed by atoms with Crippen LogP contribution in [0.15, 0.2) is 36.4 Å². The Morgan fingerprint density at radius 1 is 1.05 bits per heavy atom. The van der Waals surface area contributed by atoms with Crippen LogP contribution in [0.4, 0.5) is 18.9 Å². The number of carbonyl (C=O) groups is 1. The lowest BCUT2D eigenvalue weighted by molar-refractivity contribution is 0.102. The molecular formula is C15H13F3N2O. The van der Waals surface area contributed by atoms with Gasteiger partial charge in [-0.2, -0.15) is 0 Å². The third-order valence-corrected chi connectivity index (χ3v) is 2.89. The second-order valence-electron chi connectivity index (χ2n) is 4.43. The Balaban J connectivity index is 2.18. The van der Waals surface area contributed by atoms with Crippen molar-refractivity contribution in [2.45, 2.75) is 6.42 Å². The zero-order chi connectivity index (χ0) is 15.4. The maximum Gasteiger partial charge on any atom is 0.255 e. The van der Waals surface area contributed by atoms with E-state index in [4.69, 9.17) is 5.73 Å². The van der Waals surface area contributed by atoms with Gasteiger partial charge in [0.25, 0.3) is 5.91 Å². The first-order chi connectivity index (χ1) is 10.0. The number of benzene rings is 2. The van der Waals surface area contributed by atoms with Crippen LogP contribution in [0.5, 0.6) is 0 Å². The fourth-order valence-electron chi connectivity index (χ4n) is 1.84. The van der Waals surface area contributed by atoms with Crippen LogP contribution in [-0.2, 0) is 6.42 Å². The number of amides is 1. The van der Waals surface area contributed by atoms with Crippen molar-refractivity contribution < 1.29 is 18.0 Å². The van der Waals surface area contributed by atoms with E-state index >= 15 is 0 Å². The smallest absolute Gasteiger partial charge is 0.255 e. The molecule has 1 amide bonds. The molecule has 2 aromatic rings. The summed E-state index contributed by atoms with van der Waals surface area (Å²) in [6.45, 7) is 0.484. The van der Waals surface area contributed by atoms with Gasteiger partial charge < -0.3 is 11.1 Å². The van der Waals surface area contributed by atoms with Crippen LogP contribution in [0.1, 0.15) is 15.9 Å². The van der Waals surface area contributed by atoms with Gasteiger partial charge in [-0.15, -0.1) is 0 Å². The van der Waals surface area contributed by atoms with Crippen molar-refractivity contribution in [3.8, 4) is 0 Å². The summed E-state index contributed by atoms with van der Waals surface area (Å²) in [4.78, 5) is 11.9. The Bertz CT molecular complexity index is 633. The van der Waals surface area contributed by atoms with Crippen molar-refractivity contribution in [1.29, 1.82) is 0 Å². The molecule has 3 nitrogen and oxygen atoms in total. The van der Waals surface area contributed by atoms with E-state index in [2.05, 4.69) is 5.32 Å². The molecule has 2 rings (SSSR count). The largest absolute Gasteiger partial charge is 0.330 e. The first-order valence-corrected chi connectivity index (χ1v) is 6.26. The normalized spacial score (nSPS) is 10.5. The lowest BCUT2D eigenvalue weighted by Crippen LogP contribution is -2.14. The summed E-state index contributed by atoms with van der Waals surface area (Å²) in [6, 6.07) is 7.48. The Labute approximate surface area is 119 Å². The number of nitrogens with one attached hydrogen (secondary N) is 1. The van der Waals surface area contributed by atoms with E-state index in [-0.39, 0.29) is 5.56 Å². The molecule has 0 fully saturated rings. The lowest BCUT2D eigenvalue weighted by atomic mass is 10.1. The van der Waals surface area contributed by atoms with Crippen LogP contribution < -0.4 is 11.1 Å². The number of halogens is 3. The van der Waals surface area contributed by atoms with Crippen LogP contribution in [0.2, 0.25) is 0 Å². The lowest BCUT2D eigenvalue weighted by Gasteiger charge is -2.08. The van der Waals surface area contributed by atoms with Crippen LogP contribution in [-0.4, -0.2) is 12.5 Å². The van der Waals surface area contributed by atoms with Crippen LogP contribution in [0, 0.1) is 17.5 Å². The van der Waals surface area contributed by atoms with Gasteiger partial charge in [0.15, 0.2) is 11.6 Å². The molecule has 0 unspecified atom stereocenters. The molecule has 0 saturated carbocycles. The van der Waals surface area contributed by atoms with E-state index in [1.807, 2.05) is 0 Å². The van der Waals surface area contributed by atoms with Gasteiger partial charge >= 0.3 is 0 Å². The predicted octanol–water partition coefficient (Wildman–Crippen LogP) is 2.86. The van der Waals surface area contributed by atoms with Gasteiger partial charge in [0.1, 0.15) is 11.5 Å². The summed E-state index contributed by atoms with van der Waals surface area (Å²) in [7, 11) is 0. The van der Waals surface area contributed by atoms with Crippen molar-refractivity contribution in [2.24, 2.45) is 5.73 Å². The fraction of sp³-hybridized carbons (Fsp3) is 0.133. The molecule has 110 valence electrons. The van der Waals surface area contributed by atoms with Crippen molar-refractivity contribution in [3.63, 3.8) is 0 Å². The number of carbonyl (C=O) groups excluding carboxylic acids is 1. The van der Waals surface area contributed by atoms with Crippen molar-refractivity contribution in [1.82, 2.24) is 0 Å². The molecule has 21 heavy (non-hydrogen) atoms. The molecule has 2 aromatic carbocycles. The summed E-state index contributed by atoms with van der Waals surface area (Å²) >= 11 is 0. The van der Waals surface area contributed by atoms with Gasteiger partial charge in [0, 0.05) is 17.7 Å². The maximum atomic E-state index is 13.4. The second kappa shape index (κ2) is 6.41. The van der Waals surface area contributed by atoms with Gasteiger partial charge in [-0.3, -0.25) is 4.79 Å². The van der Waals surface area contributed by atoms with E-state index in [0.717, 1.165) is 5.56 Å². The number of nitrogens with two attached hydrogens (primary N) is 1. The number of hydrogen-bond donors (Lipinski definition) is 2. The molecule has 0 aromatic heterocycles. The first kappa shape index (κ1) is 15.1. The molecule has 0 saturated heterocycles. The highest BCUT2D eigenvalue weighted by molar-refractivity contribution is 6.04. The molecule has 0 aliphatic carbocycles. The Kier molecular flexibility index (Phi) is 4.59. The number of hydrogen-bond acceptors (Lipinski definition) is 2. The van der Waals surface area contributed by atoms with Gasteiger partial charge in [-0.05, 0) is 30.7 Å². The molecule has 0 spiro atoms. The van der Waals surface area contributed by atoms with E-state index in [1.54, 1.807) is 12.1 Å². The average molecular weight is 294 g/mol. The summed E-state index contributed by atoms with van der Waals surface area (Å²) < 4.78 is 39.7. The van der Waals surface area contributed by atoms with E-state index in [9.17, 15) is 18.0 Å². The average Bonchev–Trinajstić information content (AvgIpc) is 2.43. The highest BCUT2D eigenvalue weighted by atomic mass is 19.1. The van der Waals surface area contributed by atoms with E-state index in [1.165, 1.54) is 12.1 Å². The van der Waals surface area contributed by atoms with Crippen LogP contribution in [0.3, 0.4) is 0 Å². The topological polar surface area (TPSA) is 55.1 Å². The highest BCUT2D eigenvalue weighted by Gasteiger charge is 2.15. The second-order valence-corrected chi connectivity index (χ2v) is 4.43. The monoisotopic (exact) mass is 294 g/mol. The zero-order valence-corrected chi connectivity index (χ0v) is 11.0. The molecule has 6 heteroatoms. The first-order valence-electron chi connectivity index (χ1n) is 6.26. The third-order valence-electron chi connectivity index (χ3n) is 2.89. The molecule has 0 aliphatic rings. The third kappa shape index (κ3) is 3.61. The van der Waals surface area contributed by atoms with Crippen LogP contribution in [0.25, 0.3) is 0 Å². The molecule has 0 bridgehead atoms. The fourth-order valence-corrected chi connectivity index (χ4v) is 1.84. The Morgan fingerprint density at radius 3 is 2.14 bits per heavy atom. The van der Waals surface area contributed by atoms with Gasteiger partial charge in [0.05, 0.1) is 0 Å². The summed E-state index contributed by atoms with van der Waals surface area (Å²) in [5, 5.41) is 2.09. The Hall–Kier alpha value is -2.34. The minimum Gasteiger partial charge on any atom is -0.330 e. The Morgan fingerprint density at radius 2 is 1.62 bits per heavy atom. The zero-order valence-electron chi connectivity index (χ0n) is 11.0. The quantitative estimate of drug-likeness (QED) is 0.911. The van der Waals surface area contributed by atoms with Crippen molar-refractivity contribution in [2.75, 3.05) is 11.9 Å². The van der Waals surface area contributed by atoms with Crippen LogP contribution >= 0.6 is 0 Å². The van der Waals surface area contributed by atoms with E-state index in [0.29, 0.717) is 25.1 Å². The molecular weight excluding hydrogens is 281 g/mol. The summed E-state index contributed by atoms with van der Waals surface area (Å²) in [6.07, 6.45) is 0.670. The molecule has 0 heterocycles. The van der Waals surface area contributed by atoms with Gasteiger partial charge in [-0.1, -0.05) is 12.1 Å².